The molecular weight excluding hydrogens is 431 g/mol. The normalized spacial score (nSPS) is 13.0. The van der Waals surface area contributed by atoms with E-state index in [2.05, 4.69) is 21.2 Å². The predicted molar refractivity (Wildman–Crippen MR) is 114 cm³/mol. The van der Waals surface area contributed by atoms with Crippen LogP contribution in [0.25, 0.3) is 0 Å². The van der Waals surface area contributed by atoms with E-state index in [-0.39, 0.29) is 17.7 Å². The molecule has 0 unspecified atom stereocenters. The number of nitrogens with one attached hydrogen (secondary N) is 3. The lowest BCUT2D eigenvalue weighted by molar-refractivity contribution is -0.139. The average Bonchev–Trinajstić information content (AvgIpc) is 3.53. The SMILES string of the molecule is O=C(COc1ccc(/C=N\NC(=O)C(=O)NC2CC2)cc1Cl)Nc1ccccc1Cl. The number of amides is 3. The zero-order valence-corrected chi connectivity index (χ0v) is 17.2. The molecule has 1 aliphatic carbocycles. The number of benzene rings is 2. The zero-order chi connectivity index (χ0) is 21.5. The third kappa shape index (κ3) is 6.47. The highest BCUT2D eigenvalue weighted by Crippen LogP contribution is 2.25. The molecule has 2 aromatic rings. The topological polar surface area (TPSA) is 109 Å². The van der Waals surface area contributed by atoms with Crippen LogP contribution in [-0.4, -0.2) is 36.6 Å². The van der Waals surface area contributed by atoms with Crippen LogP contribution in [0.1, 0.15) is 18.4 Å². The first-order chi connectivity index (χ1) is 14.4. The number of nitrogens with zero attached hydrogens (tertiary/aromatic N) is 1. The minimum absolute atomic E-state index is 0.0883. The molecule has 3 rings (SSSR count). The minimum atomic E-state index is -0.839. The Morgan fingerprint density at radius 1 is 1.07 bits per heavy atom. The maximum Gasteiger partial charge on any atom is 0.329 e. The summed E-state index contributed by atoms with van der Waals surface area (Å²) in [5.41, 5.74) is 3.20. The molecule has 3 N–H and O–H groups in total. The fourth-order valence-electron chi connectivity index (χ4n) is 2.30. The van der Waals surface area contributed by atoms with Crippen LogP contribution in [0.5, 0.6) is 5.75 Å². The second kappa shape index (κ2) is 10.1. The van der Waals surface area contributed by atoms with Crippen molar-refractivity contribution in [3.8, 4) is 5.75 Å². The molecule has 1 fully saturated rings. The number of hydrogen-bond donors (Lipinski definition) is 3. The first kappa shape index (κ1) is 21.6. The van der Waals surface area contributed by atoms with Gasteiger partial charge >= 0.3 is 11.8 Å². The Kier molecular flexibility index (Phi) is 7.26. The Balaban J connectivity index is 1.48. The van der Waals surface area contributed by atoms with Crippen molar-refractivity contribution in [2.75, 3.05) is 11.9 Å². The van der Waals surface area contributed by atoms with Crippen molar-refractivity contribution in [3.63, 3.8) is 0 Å². The Morgan fingerprint density at radius 2 is 1.83 bits per heavy atom. The van der Waals surface area contributed by atoms with Crippen LogP contribution in [0.3, 0.4) is 0 Å². The van der Waals surface area contributed by atoms with Gasteiger partial charge in [0.05, 0.1) is 21.9 Å². The van der Waals surface area contributed by atoms with Crippen molar-refractivity contribution in [2.45, 2.75) is 18.9 Å². The molecule has 0 bridgehead atoms. The summed E-state index contributed by atoms with van der Waals surface area (Å²) in [7, 11) is 0. The van der Waals surface area contributed by atoms with E-state index in [4.69, 9.17) is 27.9 Å². The fourth-order valence-corrected chi connectivity index (χ4v) is 2.73. The molecule has 10 heteroatoms. The first-order valence-electron chi connectivity index (χ1n) is 9.03. The van der Waals surface area contributed by atoms with Crippen molar-refractivity contribution in [1.82, 2.24) is 10.7 Å². The van der Waals surface area contributed by atoms with E-state index in [0.717, 1.165) is 12.8 Å². The zero-order valence-electron chi connectivity index (χ0n) is 15.7. The largest absolute Gasteiger partial charge is 0.482 e. The van der Waals surface area contributed by atoms with Gasteiger partial charge in [-0.2, -0.15) is 5.10 Å². The van der Waals surface area contributed by atoms with E-state index >= 15 is 0 Å². The fraction of sp³-hybridized carbons (Fsp3) is 0.200. The molecule has 0 spiro atoms. The smallest absolute Gasteiger partial charge is 0.329 e. The molecule has 0 saturated heterocycles. The highest BCUT2D eigenvalue weighted by molar-refractivity contribution is 6.35. The molecule has 8 nitrogen and oxygen atoms in total. The molecule has 0 aromatic heterocycles. The van der Waals surface area contributed by atoms with Crippen LogP contribution in [0.2, 0.25) is 10.0 Å². The maximum atomic E-state index is 12.0. The Hall–Kier alpha value is -3.10. The molecule has 3 amide bonds. The number of anilines is 1. The number of halogens is 2. The molecule has 156 valence electrons. The van der Waals surface area contributed by atoms with Crippen LogP contribution >= 0.6 is 23.2 Å². The number of carbonyl (C=O) groups excluding carboxylic acids is 3. The second-order valence-electron chi connectivity index (χ2n) is 6.45. The monoisotopic (exact) mass is 448 g/mol. The summed E-state index contributed by atoms with van der Waals surface area (Å²) >= 11 is 12.2. The van der Waals surface area contributed by atoms with Crippen molar-refractivity contribution in [2.24, 2.45) is 5.10 Å². The molecule has 1 saturated carbocycles. The van der Waals surface area contributed by atoms with Crippen molar-refractivity contribution < 1.29 is 19.1 Å². The first-order valence-corrected chi connectivity index (χ1v) is 9.78. The van der Waals surface area contributed by atoms with Crippen molar-refractivity contribution >= 4 is 52.8 Å². The van der Waals surface area contributed by atoms with Gasteiger partial charge < -0.3 is 15.4 Å². The summed E-state index contributed by atoms with van der Waals surface area (Å²) < 4.78 is 5.43. The van der Waals surface area contributed by atoms with E-state index in [9.17, 15) is 14.4 Å². The van der Waals surface area contributed by atoms with Gasteiger partial charge in [0.15, 0.2) is 6.61 Å². The Bertz CT molecular complexity index is 993. The average molecular weight is 449 g/mol. The molecule has 0 heterocycles. The number of hydrogen-bond acceptors (Lipinski definition) is 5. The minimum Gasteiger partial charge on any atom is -0.482 e. The van der Waals surface area contributed by atoms with Crippen LogP contribution in [0, 0.1) is 0 Å². The third-order valence-electron chi connectivity index (χ3n) is 3.96. The van der Waals surface area contributed by atoms with Gasteiger partial charge in [0.25, 0.3) is 5.91 Å². The van der Waals surface area contributed by atoms with E-state index in [1.54, 1.807) is 42.5 Å². The van der Waals surface area contributed by atoms with E-state index in [1.807, 2.05) is 0 Å². The van der Waals surface area contributed by atoms with Crippen LogP contribution < -0.4 is 20.8 Å². The maximum absolute atomic E-state index is 12.0. The lowest BCUT2D eigenvalue weighted by Crippen LogP contribution is -2.38. The summed E-state index contributed by atoms with van der Waals surface area (Å²) in [4.78, 5) is 35.1. The van der Waals surface area contributed by atoms with Crippen LogP contribution in [0.15, 0.2) is 47.6 Å². The lowest BCUT2D eigenvalue weighted by Gasteiger charge is -2.10. The molecule has 1 aliphatic rings. The summed E-state index contributed by atoms with van der Waals surface area (Å²) in [6, 6.07) is 11.7. The van der Waals surface area contributed by atoms with Gasteiger partial charge in [0.2, 0.25) is 0 Å². The number of ether oxygens (including phenoxy) is 1. The van der Waals surface area contributed by atoms with Gasteiger partial charge in [0, 0.05) is 6.04 Å². The third-order valence-corrected chi connectivity index (χ3v) is 4.59. The molecule has 0 aliphatic heterocycles. The van der Waals surface area contributed by atoms with E-state index in [1.165, 1.54) is 6.21 Å². The summed E-state index contributed by atoms with van der Waals surface area (Å²) in [5, 5.41) is 9.60. The van der Waals surface area contributed by atoms with Crippen molar-refractivity contribution in [1.29, 1.82) is 0 Å². The van der Waals surface area contributed by atoms with E-state index < -0.39 is 17.7 Å². The Labute approximate surface area is 182 Å². The highest BCUT2D eigenvalue weighted by Gasteiger charge is 2.26. The predicted octanol–water partition coefficient (Wildman–Crippen LogP) is 2.74. The van der Waals surface area contributed by atoms with Gasteiger partial charge in [-0.05, 0) is 48.7 Å². The molecule has 30 heavy (non-hydrogen) atoms. The summed E-state index contributed by atoms with van der Waals surface area (Å²) in [6.07, 6.45) is 3.11. The van der Waals surface area contributed by atoms with Gasteiger partial charge in [0.1, 0.15) is 5.75 Å². The number of carbonyl (C=O) groups is 3. The highest BCUT2D eigenvalue weighted by atomic mass is 35.5. The summed E-state index contributed by atoms with van der Waals surface area (Å²) in [6.45, 7) is -0.259. The lowest BCUT2D eigenvalue weighted by atomic mass is 10.2. The molecule has 0 atom stereocenters. The molecule has 0 radical (unpaired) electrons. The van der Waals surface area contributed by atoms with Gasteiger partial charge in [-0.15, -0.1) is 0 Å². The summed E-state index contributed by atoms with van der Waals surface area (Å²) in [5.74, 6) is -1.65. The van der Waals surface area contributed by atoms with Crippen molar-refractivity contribution in [3.05, 3.63) is 58.1 Å². The number of para-hydroxylation sites is 1. The van der Waals surface area contributed by atoms with Gasteiger partial charge in [-0.25, -0.2) is 5.43 Å². The molecular formula is C20H18Cl2N4O4. The van der Waals surface area contributed by atoms with E-state index in [0.29, 0.717) is 22.0 Å². The van der Waals surface area contributed by atoms with Gasteiger partial charge in [-0.1, -0.05) is 35.3 Å². The number of rotatable bonds is 7. The van der Waals surface area contributed by atoms with Crippen LogP contribution in [0.4, 0.5) is 5.69 Å². The standard InChI is InChI=1S/C20H18Cl2N4O4/c21-14-3-1-2-4-16(14)25-18(27)11-30-17-8-5-12(9-15(17)22)10-23-26-20(29)19(28)24-13-6-7-13/h1-5,8-10,13H,6-7,11H2,(H,24,28)(H,25,27)(H,26,29)/b23-10-. The molecule has 2 aromatic carbocycles. The van der Waals surface area contributed by atoms with Gasteiger partial charge in [-0.3, -0.25) is 14.4 Å². The number of hydrazone groups is 1. The Morgan fingerprint density at radius 3 is 2.53 bits per heavy atom. The van der Waals surface area contributed by atoms with Crippen LogP contribution in [-0.2, 0) is 14.4 Å². The quantitative estimate of drug-likeness (QED) is 0.343. The second-order valence-corrected chi connectivity index (χ2v) is 7.27.